The number of aryl methyl sites for hydroxylation is 1. The molecule has 1 aromatic rings. The van der Waals surface area contributed by atoms with Crippen LogP contribution in [0.1, 0.15) is 30.4 Å². The van der Waals surface area contributed by atoms with Crippen LogP contribution in [-0.2, 0) is 0 Å². The minimum atomic E-state index is 0.765. The zero-order valence-electron chi connectivity index (χ0n) is 11.0. The molecule has 0 saturated carbocycles. The molecule has 0 aliphatic carbocycles. The summed E-state index contributed by atoms with van der Waals surface area (Å²) >= 11 is 0. The summed E-state index contributed by atoms with van der Waals surface area (Å²) in [6, 6.07) is 8.26. The highest BCUT2D eigenvalue weighted by molar-refractivity contribution is 5.64. The Kier molecular flexibility index (Phi) is 4.22. The number of nitriles is 1. The second-order valence-electron chi connectivity index (χ2n) is 5.09. The van der Waals surface area contributed by atoms with Crippen LogP contribution in [0, 0.1) is 24.2 Å². The predicted molar refractivity (Wildman–Crippen MR) is 74.5 cm³/mol. The Hall–Kier alpha value is -1.53. The van der Waals surface area contributed by atoms with E-state index >= 15 is 0 Å². The van der Waals surface area contributed by atoms with Gasteiger partial charge in [0.05, 0.1) is 11.3 Å². The van der Waals surface area contributed by atoms with Crippen molar-refractivity contribution in [2.24, 2.45) is 11.7 Å². The van der Waals surface area contributed by atoms with Crippen LogP contribution in [0.25, 0.3) is 0 Å². The van der Waals surface area contributed by atoms with E-state index in [2.05, 4.69) is 24.0 Å². The van der Waals surface area contributed by atoms with Gasteiger partial charge in [-0.05, 0) is 50.3 Å². The Morgan fingerprint density at radius 3 is 2.72 bits per heavy atom. The molecule has 1 fully saturated rings. The fraction of sp³-hybridized carbons (Fsp3) is 0.533. The minimum Gasteiger partial charge on any atom is -0.370 e. The van der Waals surface area contributed by atoms with Crippen molar-refractivity contribution in [2.45, 2.75) is 26.2 Å². The molecule has 0 radical (unpaired) electrons. The highest BCUT2D eigenvalue weighted by Crippen LogP contribution is 2.29. The highest BCUT2D eigenvalue weighted by atomic mass is 15.1. The SMILES string of the molecule is Cc1cccc(C#N)c1N1CCC(CCN)CC1. The Balaban J connectivity index is 2.13. The standard InChI is InChI=1S/C15H21N3/c1-12-3-2-4-14(11-17)15(12)18-9-6-13(5-8-16)7-10-18/h2-4,13H,5-10,16H2,1H3. The topological polar surface area (TPSA) is 53.0 Å². The number of hydrogen-bond acceptors (Lipinski definition) is 3. The van der Waals surface area contributed by atoms with E-state index in [9.17, 15) is 5.26 Å². The van der Waals surface area contributed by atoms with Crippen molar-refractivity contribution in [1.82, 2.24) is 0 Å². The highest BCUT2D eigenvalue weighted by Gasteiger charge is 2.21. The third kappa shape index (κ3) is 2.65. The molecular formula is C15H21N3. The molecule has 1 heterocycles. The summed E-state index contributed by atoms with van der Waals surface area (Å²) in [5, 5.41) is 9.22. The number of benzene rings is 1. The van der Waals surface area contributed by atoms with Gasteiger partial charge < -0.3 is 10.6 Å². The lowest BCUT2D eigenvalue weighted by Gasteiger charge is -2.34. The van der Waals surface area contributed by atoms with Crippen LogP contribution in [0.2, 0.25) is 0 Å². The second-order valence-corrected chi connectivity index (χ2v) is 5.09. The number of para-hydroxylation sites is 1. The molecule has 1 aromatic carbocycles. The lowest BCUT2D eigenvalue weighted by Crippen LogP contribution is -2.35. The van der Waals surface area contributed by atoms with E-state index in [1.165, 1.54) is 18.4 Å². The molecule has 0 spiro atoms. The predicted octanol–water partition coefficient (Wildman–Crippen LogP) is 2.43. The maximum Gasteiger partial charge on any atom is 0.101 e. The third-order valence-corrected chi connectivity index (χ3v) is 3.86. The third-order valence-electron chi connectivity index (χ3n) is 3.86. The molecule has 0 bridgehead atoms. The van der Waals surface area contributed by atoms with E-state index < -0.39 is 0 Å². The Bertz CT molecular complexity index is 440. The lowest BCUT2D eigenvalue weighted by molar-refractivity contribution is 0.386. The normalized spacial score (nSPS) is 16.6. The van der Waals surface area contributed by atoms with Gasteiger partial charge in [0, 0.05) is 13.1 Å². The molecule has 2 N–H and O–H groups in total. The van der Waals surface area contributed by atoms with E-state index in [0.717, 1.165) is 43.2 Å². The van der Waals surface area contributed by atoms with E-state index in [-0.39, 0.29) is 0 Å². The first-order chi connectivity index (χ1) is 8.76. The summed E-state index contributed by atoms with van der Waals surface area (Å²) < 4.78 is 0. The largest absolute Gasteiger partial charge is 0.370 e. The first-order valence-electron chi connectivity index (χ1n) is 6.71. The summed E-state index contributed by atoms with van der Waals surface area (Å²) in [6.45, 7) is 4.97. The molecule has 18 heavy (non-hydrogen) atoms. The van der Waals surface area contributed by atoms with Crippen LogP contribution in [0.4, 0.5) is 5.69 Å². The van der Waals surface area contributed by atoms with Crippen LogP contribution in [0.15, 0.2) is 18.2 Å². The molecule has 1 aliphatic rings. The van der Waals surface area contributed by atoms with Crippen molar-refractivity contribution in [2.75, 3.05) is 24.5 Å². The average molecular weight is 243 g/mol. The average Bonchev–Trinajstić information content (AvgIpc) is 2.40. The van der Waals surface area contributed by atoms with Gasteiger partial charge in [0.2, 0.25) is 0 Å². The van der Waals surface area contributed by atoms with E-state index in [1.54, 1.807) is 0 Å². The summed E-state index contributed by atoms with van der Waals surface area (Å²) in [7, 11) is 0. The molecule has 96 valence electrons. The molecule has 2 rings (SSSR count). The fourth-order valence-electron chi connectivity index (χ4n) is 2.85. The second kappa shape index (κ2) is 5.88. The molecule has 3 nitrogen and oxygen atoms in total. The van der Waals surface area contributed by atoms with Gasteiger partial charge >= 0.3 is 0 Å². The number of hydrogen-bond donors (Lipinski definition) is 1. The van der Waals surface area contributed by atoms with Gasteiger partial charge in [-0.3, -0.25) is 0 Å². The maximum atomic E-state index is 9.22. The molecule has 0 atom stereocenters. The fourth-order valence-corrected chi connectivity index (χ4v) is 2.85. The maximum absolute atomic E-state index is 9.22. The number of rotatable bonds is 3. The van der Waals surface area contributed by atoms with E-state index in [4.69, 9.17) is 5.73 Å². The van der Waals surface area contributed by atoms with Crippen molar-refractivity contribution in [3.63, 3.8) is 0 Å². The van der Waals surface area contributed by atoms with Crippen LogP contribution in [0.5, 0.6) is 0 Å². The first-order valence-corrected chi connectivity index (χ1v) is 6.71. The van der Waals surface area contributed by atoms with Crippen molar-refractivity contribution in [3.05, 3.63) is 29.3 Å². The van der Waals surface area contributed by atoms with Crippen LogP contribution in [-0.4, -0.2) is 19.6 Å². The monoisotopic (exact) mass is 243 g/mol. The zero-order chi connectivity index (χ0) is 13.0. The van der Waals surface area contributed by atoms with E-state index in [0.29, 0.717) is 0 Å². The van der Waals surface area contributed by atoms with Gasteiger partial charge in [-0.2, -0.15) is 5.26 Å². The van der Waals surface area contributed by atoms with Gasteiger partial charge in [-0.25, -0.2) is 0 Å². The molecule has 0 aromatic heterocycles. The Labute approximate surface area is 109 Å². The van der Waals surface area contributed by atoms with Crippen molar-refractivity contribution in [3.8, 4) is 6.07 Å². The Morgan fingerprint density at radius 2 is 2.11 bits per heavy atom. The van der Waals surface area contributed by atoms with Crippen LogP contribution >= 0.6 is 0 Å². The minimum absolute atomic E-state index is 0.765. The number of nitrogens with zero attached hydrogens (tertiary/aromatic N) is 2. The molecular weight excluding hydrogens is 222 g/mol. The van der Waals surface area contributed by atoms with Crippen LogP contribution < -0.4 is 10.6 Å². The van der Waals surface area contributed by atoms with Crippen LogP contribution in [0.3, 0.4) is 0 Å². The Morgan fingerprint density at radius 1 is 1.39 bits per heavy atom. The lowest BCUT2D eigenvalue weighted by atomic mass is 9.92. The van der Waals surface area contributed by atoms with Gasteiger partial charge in [-0.1, -0.05) is 12.1 Å². The zero-order valence-corrected chi connectivity index (χ0v) is 11.0. The molecule has 1 aliphatic heterocycles. The van der Waals surface area contributed by atoms with Crippen molar-refractivity contribution in [1.29, 1.82) is 5.26 Å². The molecule has 0 amide bonds. The number of anilines is 1. The number of piperidine rings is 1. The molecule has 0 unspecified atom stereocenters. The molecule has 3 heteroatoms. The number of nitrogens with two attached hydrogens (primary N) is 1. The smallest absolute Gasteiger partial charge is 0.101 e. The van der Waals surface area contributed by atoms with E-state index in [1.807, 2.05) is 12.1 Å². The summed E-state index contributed by atoms with van der Waals surface area (Å²) in [5.74, 6) is 0.765. The van der Waals surface area contributed by atoms with Gasteiger partial charge in [0.15, 0.2) is 0 Å². The van der Waals surface area contributed by atoms with Gasteiger partial charge in [0.1, 0.15) is 6.07 Å². The van der Waals surface area contributed by atoms with Crippen molar-refractivity contribution >= 4 is 5.69 Å². The van der Waals surface area contributed by atoms with Gasteiger partial charge in [0.25, 0.3) is 0 Å². The molecule has 1 saturated heterocycles. The van der Waals surface area contributed by atoms with Gasteiger partial charge in [-0.15, -0.1) is 0 Å². The van der Waals surface area contributed by atoms with Crippen molar-refractivity contribution < 1.29 is 0 Å². The first kappa shape index (κ1) is 12.9. The summed E-state index contributed by atoms with van der Waals surface area (Å²) in [6.07, 6.45) is 3.51. The summed E-state index contributed by atoms with van der Waals surface area (Å²) in [4.78, 5) is 2.36. The summed E-state index contributed by atoms with van der Waals surface area (Å²) in [5.41, 5.74) is 8.75. The quantitative estimate of drug-likeness (QED) is 0.887.